The van der Waals surface area contributed by atoms with E-state index in [4.69, 9.17) is 0 Å². The van der Waals surface area contributed by atoms with Gasteiger partial charge in [-0.3, -0.25) is 14.4 Å². The first-order valence-corrected chi connectivity index (χ1v) is 9.97. The summed E-state index contributed by atoms with van der Waals surface area (Å²) in [5.74, 6) is -0.00309. The Bertz CT molecular complexity index is 769. The first kappa shape index (κ1) is 19.1. The van der Waals surface area contributed by atoms with Gasteiger partial charge in [-0.2, -0.15) is 0 Å². The van der Waals surface area contributed by atoms with Crippen molar-refractivity contribution in [3.8, 4) is 0 Å². The first-order chi connectivity index (χ1) is 13.1. The Morgan fingerprint density at radius 1 is 0.926 bits per heavy atom. The number of piperazine rings is 1. The van der Waals surface area contributed by atoms with Crippen molar-refractivity contribution in [3.63, 3.8) is 0 Å². The summed E-state index contributed by atoms with van der Waals surface area (Å²) >= 11 is 1.40. The molecule has 0 unspecified atom stereocenters. The van der Waals surface area contributed by atoms with Crippen LogP contribution >= 0.6 is 11.3 Å². The van der Waals surface area contributed by atoms with Gasteiger partial charge in [0.15, 0.2) is 0 Å². The second-order valence-corrected chi connectivity index (χ2v) is 7.32. The van der Waals surface area contributed by atoms with E-state index in [9.17, 15) is 14.4 Å². The van der Waals surface area contributed by atoms with Gasteiger partial charge in [0.2, 0.25) is 5.91 Å². The van der Waals surface area contributed by atoms with Crippen LogP contribution in [-0.2, 0) is 4.79 Å². The summed E-state index contributed by atoms with van der Waals surface area (Å²) in [4.78, 5) is 40.9. The van der Waals surface area contributed by atoms with Crippen LogP contribution in [-0.4, -0.2) is 60.2 Å². The Labute approximate surface area is 162 Å². The van der Waals surface area contributed by atoms with E-state index >= 15 is 0 Å². The molecule has 2 aromatic rings. The fourth-order valence-corrected chi connectivity index (χ4v) is 3.66. The topological polar surface area (TPSA) is 69.7 Å². The molecule has 0 saturated carbocycles. The van der Waals surface area contributed by atoms with Crippen LogP contribution in [0.15, 0.2) is 47.8 Å². The molecule has 1 N–H and O–H groups in total. The maximum absolute atomic E-state index is 12.4. The molecule has 2 heterocycles. The Balaban J connectivity index is 1.36. The van der Waals surface area contributed by atoms with Crippen molar-refractivity contribution in [3.05, 3.63) is 58.3 Å². The second-order valence-electron chi connectivity index (χ2n) is 6.38. The molecule has 0 atom stereocenters. The molecular formula is C20H23N3O3S. The van der Waals surface area contributed by atoms with E-state index in [1.807, 2.05) is 41.8 Å². The first-order valence-electron chi connectivity index (χ1n) is 9.09. The van der Waals surface area contributed by atoms with Gasteiger partial charge in [-0.25, -0.2) is 0 Å². The van der Waals surface area contributed by atoms with Crippen LogP contribution in [0.3, 0.4) is 0 Å². The molecular weight excluding hydrogens is 362 g/mol. The monoisotopic (exact) mass is 385 g/mol. The van der Waals surface area contributed by atoms with Crippen molar-refractivity contribution < 1.29 is 14.4 Å². The zero-order valence-corrected chi connectivity index (χ0v) is 15.9. The molecule has 7 heteroatoms. The number of rotatable bonds is 6. The highest BCUT2D eigenvalue weighted by molar-refractivity contribution is 7.12. The predicted molar refractivity (Wildman–Crippen MR) is 105 cm³/mol. The molecule has 0 spiro atoms. The maximum atomic E-state index is 12.4. The summed E-state index contributed by atoms with van der Waals surface area (Å²) in [6.45, 7) is 2.69. The highest BCUT2D eigenvalue weighted by atomic mass is 32.1. The maximum Gasteiger partial charge on any atom is 0.261 e. The number of hydrogen-bond donors (Lipinski definition) is 1. The minimum absolute atomic E-state index is 0.0130. The Morgan fingerprint density at radius 3 is 2.30 bits per heavy atom. The average Bonchev–Trinajstić information content (AvgIpc) is 3.26. The molecule has 6 nitrogen and oxygen atoms in total. The van der Waals surface area contributed by atoms with Gasteiger partial charge < -0.3 is 15.1 Å². The van der Waals surface area contributed by atoms with Gasteiger partial charge in [0.05, 0.1) is 4.88 Å². The van der Waals surface area contributed by atoms with Crippen LogP contribution in [0.5, 0.6) is 0 Å². The fraction of sp³-hybridized carbons (Fsp3) is 0.350. The third kappa shape index (κ3) is 5.17. The lowest BCUT2D eigenvalue weighted by molar-refractivity contribution is -0.132. The van der Waals surface area contributed by atoms with Gasteiger partial charge in [0.25, 0.3) is 11.8 Å². The van der Waals surface area contributed by atoms with Crippen molar-refractivity contribution in [2.75, 3.05) is 32.7 Å². The normalized spacial score (nSPS) is 14.1. The molecule has 142 valence electrons. The number of nitrogens with zero attached hydrogens (tertiary/aromatic N) is 2. The van der Waals surface area contributed by atoms with Gasteiger partial charge in [-0.05, 0) is 30.0 Å². The summed E-state index contributed by atoms with van der Waals surface area (Å²) in [6, 6.07) is 12.8. The molecule has 1 aliphatic heterocycles. The fourth-order valence-electron chi connectivity index (χ4n) is 3.02. The summed E-state index contributed by atoms with van der Waals surface area (Å²) in [6.07, 6.45) is 1.01. The van der Waals surface area contributed by atoms with Gasteiger partial charge in [0.1, 0.15) is 0 Å². The van der Waals surface area contributed by atoms with E-state index in [-0.39, 0.29) is 17.7 Å². The average molecular weight is 385 g/mol. The zero-order valence-electron chi connectivity index (χ0n) is 15.1. The van der Waals surface area contributed by atoms with Gasteiger partial charge in [-0.1, -0.05) is 24.3 Å². The lowest BCUT2D eigenvalue weighted by Gasteiger charge is -2.35. The molecule has 1 fully saturated rings. The van der Waals surface area contributed by atoms with Gasteiger partial charge >= 0.3 is 0 Å². The van der Waals surface area contributed by atoms with Gasteiger partial charge in [0, 0.05) is 44.7 Å². The lowest BCUT2D eigenvalue weighted by atomic mass is 10.1. The molecule has 3 rings (SSSR count). The highest BCUT2D eigenvalue weighted by Crippen LogP contribution is 2.10. The molecule has 0 radical (unpaired) electrons. The number of carbonyl (C=O) groups is 3. The van der Waals surface area contributed by atoms with Crippen molar-refractivity contribution in [2.45, 2.75) is 12.8 Å². The van der Waals surface area contributed by atoms with E-state index in [0.717, 1.165) is 0 Å². The molecule has 3 amide bonds. The number of benzene rings is 1. The number of nitrogens with one attached hydrogen (secondary N) is 1. The molecule has 0 aliphatic carbocycles. The minimum atomic E-state index is -0.0921. The van der Waals surface area contributed by atoms with Crippen molar-refractivity contribution in [1.82, 2.24) is 15.1 Å². The largest absolute Gasteiger partial charge is 0.351 e. The number of thiophene rings is 1. The highest BCUT2D eigenvalue weighted by Gasteiger charge is 2.24. The predicted octanol–water partition coefficient (Wildman–Crippen LogP) is 2.24. The van der Waals surface area contributed by atoms with E-state index in [1.54, 1.807) is 15.9 Å². The standard InChI is InChI=1S/C20H23N3O3S/c24-18(9-4-10-21-19(25)17-8-5-15-27-17)22-11-13-23(14-12-22)20(26)16-6-2-1-3-7-16/h1-3,5-8,15H,4,9-14H2,(H,21,25). The Morgan fingerprint density at radius 2 is 1.63 bits per heavy atom. The summed E-state index contributed by atoms with van der Waals surface area (Å²) in [5, 5.41) is 4.69. The Hall–Kier alpha value is -2.67. The van der Waals surface area contributed by atoms with Crippen molar-refractivity contribution in [1.29, 1.82) is 0 Å². The zero-order chi connectivity index (χ0) is 19.1. The molecule has 1 aromatic heterocycles. The van der Waals surface area contributed by atoms with E-state index in [0.29, 0.717) is 56.0 Å². The van der Waals surface area contributed by atoms with E-state index < -0.39 is 0 Å². The number of amides is 3. The summed E-state index contributed by atoms with van der Waals surface area (Å²) in [5.41, 5.74) is 0.679. The minimum Gasteiger partial charge on any atom is -0.351 e. The third-order valence-corrected chi connectivity index (χ3v) is 5.41. The van der Waals surface area contributed by atoms with E-state index in [1.165, 1.54) is 11.3 Å². The van der Waals surface area contributed by atoms with E-state index in [2.05, 4.69) is 5.32 Å². The SMILES string of the molecule is O=C(NCCCC(=O)N1CCN(C(=O)c2ccccc2)CC1)c1cccs1. The molecule has 1 aliphatic rings. The van der Waals surface area contributed by atoms with Crippen molar-refractivity contribution in [2.24, 2.45) is 0 Å². The quantitative estimate of drug-likeness (QED) is 0.776. The summed E-state index contributed by atoms with van der Waals surface area (Å²) in [7, 11) is 0. The smallest absolute Gasteiger partial charge is 0.261 e. The Kier molecular flexibility index (Phi) is 6.59. The van der Waals surface area contributed by atoms with Crippen LogP contribution in [0.1, 0.15) is 32.9 Å². The van der Waals surface area contributed by atoms with Gasteiger partial charge in [-0.15, -0.1) is 11.3 Å². The van der Waals surface area contributed by atoms with Crippen LogP contribution in [0.25, 0.3) is 0 Å². The number of hydrogen-bond acceptors (Lipinski definition) is 4. The van der Waals surface area contributed by atoms with Crippen LogP contribution in [0, 0.1) is 0 Å². The number of carbonyl (C=O) groups excluding carboxylic acids is 3. The lowest BCUT2D eigenvalue weighted by Crippen LogP contribution is -2.50. The molecule has 1 saturated heterocycles. The molecule has 27 heavy (non-hydrogen) atoms. The summed E-state index contributed by atoms with van der Waals surface area (Å²) < 4.78 is 0. The molecule has 0 bridgehead atoms. The van der Waals surface area contributed by atoms with Crippen LogP contribution in [0.2, 0.25) is 0 Å². The third-order valence-electron chi connectivity index (χ3n) is 4.54. The van der Waals surface area contributed by atoms with Crippen molar-refractivity contribution >= 4 is 29.1 Å². The second kappa shape index (κ2) is 9.32. The van der Waals surface area contributed by atoms with Crippen LogP contribution in [0.4, 0.5) is 0 Å². The van der Waals surface area contributed by atoms with Crippen LogP contribution < -0.4 is 5.32 Å². The molecule has 1 aromatic carbocycles.